The summed E-state index contributed by atoms with van der Waals surface area (Å²) in [6.45, 7) is 11.2. The lowest BCUT2D eigenvalue weighted by molar-refractivity contribution is -0.118. The molecule has 0 saturated carbocycles. The Morgan fingerprint density at radius 2 is 1.65 bits per heavy atom. The van der Waals surface area contributed by atoms with Gasteiger partial charge in [-0.3, -0.25) is 4.79 Å². The third-order valence-electron chi connectivity index (χ3n) is 4.01. The topological polar surface area (TPSA) is 61.4 Å². The number of carbonyl (C=O) groups is 2. The minimum Gasteiger partial charge on any atom is -0.356 e. The fourth-order valence-corrected chi connectivity index (χ4v) is 2.61. The standard InChI is InChI=1S/C15H29N3O2/c1-12(19)16-8-5-9-17-14(20)18-10-6-13(7-11-18)15(2,3)4/h13H,5-11H2,1-4H3,(H,16,19)(H,17,20). The number of nitrogens with zero attached hydrogens (tertiary/aromatic N) is 1. The molecule has 0 radical (unpaired) electrons. The van der Waals surface area contributed by atoms with Gasteiger partial charge in [0.15, 0.2) is 0 Å². The zero-order valence-corrected chi connectivity index (χ0v) is 13.3. The number of hydrogen-bond donors (Lipinski definition) is 2. The highest BCUT2D eigenvalue weighted by Gasteiger charge is 2.30. The van der Waals surface area contributed by atoms with Gasteiger partial charge in [0.05, 0.1) is 0 Å². The number of rotatable bonds is 4. The molecule has 1 fully saturated rings. The fourth-order valence-electron chi connectivity index (χ4n) is 2.61. The van der Waals surface area contributed by atoms with Gasteiger partial charge in [-0.25, -0.2) is 4.79 Å². The second kappa shape index (κ2) is 7.50. The number of urea groups is 1. The van der Waals surface area contributed by atoms with Crippen molar-refractivity contribution in [2.45, 2.75) is 47.0 Å². The summed E-state index contributed by atoms with van der Waals surface area (Å²) in [5.74, 6) is 0.673. The van der Waals surface area contributed by atoms with Crippen LogP contribution in [-0.2, 0) is 4.79 Å². The number of likely N-dealkylation sites (tertiary alicyclic amines) is 1. The van der Waals surface area contributed by atoms with Crippen LogP contribution in [0.1, 0.15) is 47.0 Å². The van der Waals surface area contributed by atoms with Crippen LogP contribution >= 0.6 is 0 Å². The number of hydrogen-bond acceptors (Lipinski definition) is 2. The van der Waals surface area contributed by atoms with E-state index in [1.165, 1.54) is 6.92 Å². The summed E-state index contributed by atoms with van der Waals surface area (Å²) in [4.78, 5) is 24.6. The molecule has 0 unspecified atom stereocenters. The Balaban J connectivity index is 2.18. The lowest BCUT2D eigenvalue weighted by Crippen LogP contribution is -2.46. The zero-order chi connectivity index (χ0) is 15.2. The first-order valence-electron chi connectivity index (χ1n) is 7.58. The second-order valence-electron chi connectivity index (χ2n) is 6.70. The molecule has 5 nitrogen and oxygen atoms in total. The van der Waals surface area contributed by atoms with E-state index in [0.717, 1.165) is 32.4 Å². The van der Waals surface area contributed by atoms with Gasteiger partial charge in [-0.1, -0.05) is 20.8 Å². The van der Waals surface area contributed by atoms with Crippen molar-refractivity contribution < 1.29 is 9.59 Å². The molecule has 0 aromatic rings. The summed E-state index contributed by atoms with van der Waals surface area (Å²) in [7, 11) is 0. The van der Waals surface area contributed by atoms with Gasteiger partial charge >= 0.3 is 6.03 Å². The van der Waals surface area contributed by atoms with E-state index in [9.17, 15) is 9.59 Å². The Labute approximate surface area is 122 Å². The average molecular weight is 283 g/mol. The largest absolute Gasteiger partial charge is 0.356 e. The van der Waals surface area contributed by atoms with E-state index < -0.39 is 0 Å². The summed E-state index contributed by atoms with van der Waals surface area (Å²) in [5.41, 5.74) is 0.334. The molecule has 20 heavy (non-hydrogen) atoms. The third kappa shape index (κ3) is 5.80. The summed E-state index contributed by atoms with van der Waals surface area (Å²) in [6, 6.07) is 0.0279. The normalized spacial score (nSPS) is 16.9. The lowest BCUT2D eigenvalue weighted by atomic mass is 9.75. The van der Waals surface area contributed by atoms with Crippen molar-refractivity contribution in [3.63, 3.8) is 0 Å². The van der Waals surface area contributed by atoms with Crippen LogP contribution in [0.25, 0.3) is 0 Å². The van der Waals surface area contributed by atoms with E-state index in [1.807, 2.05) is 4.90 Å². The molecule has 1 aliphatic heterocycles. The van der Waals surface area contributed by atoms with E-state index >= 15 is 0 Å². The SMILES string of the molecule is CC(=O)NCCCNC(=O)N1CCC(C(C)(C)C)CC1. The highest BCUT2D eigenvalue weighted by molar-refractivity contribution is 5.74. The van der Waals surface area contributed by atoms with Gasteiger partial charge in [-0.2, -0.15) is 0 Å². The second-order valence-corrected chi connectivity index (χ2v) is 6.70. The Kier molecular flexibility index (Phi) is 6.30. The lowest BCUT2D eigenvalue weighted by Gasteiger charge is -2.38. The van der Waals surface area contributed by atoms with Gasteiger partial charge in [0, 0.05) is 33.1 Å². The molecule has 0 aromatic carbocycles. The molecule has 0 spiro atoms. The van der Waals surface area contributed by atoms with E-state index in [-0.39, 0.29) is 11.9 Å². The number of piperidine rings is 1. The van der Waals surface area contributed by atoms with Crippen LogP contribution in [0.4, 0.5) is 4.79 Å². The molecular weight excluding hydrogens is 254 g/mol. The molecule has 1 aliphatic rings. The first kappa shape index (κ1) is 16.8. The molecule has 5 heteroatoms. The predicted molar refractivity (Wildman–Crippen MR) is 80.5 cm³/mol. The van der Waals surface area contributed by atoms with Gasteiger partial charge in [0.25, 0.3) is 0 Å². The Morgan fingerprint density at radius 3 is 2.15 bits per heavy atom. The van der Waals surface area contributed by atoms with Crippen LogP contribution in [0, 0.1) is 11.3 Å². The molecule has 0 aliphatic carbocycles. The van der Waals surface area contributed by atoms with Crippen molar-refractivity contribution in [1.29, 1.82) is 0 Å². The predicted octanol–water partition coefficient (Wildman–Crippen LogP) is 1.98. The highest BCUT2D eigenvalue weighted by Crippen LogP contribution is 2.34. The molecule has 2 N–H and O–H groups in total. The maximum absolute atomic E-state index is 12.0. The van der Waals surface area contributed by atoms with Gasteiger partial charge in [0.1, 0.15) is 0 Å². The third-order valence-corrected chi connectivity index (χ3v) is 4.01. The molecule has 0 atom stereocenters. The van der Waals surface area contributed by atoms with Crippen molar-refractivity contribution in [2.75, 3.05) is 26.2 Å². The van der Waals surface area contributed by atoms with E-state index in [0.29, 0.717) is 24.4 Å². The smallest absolute Gasteiger partial charge is 0.317 e. The van der Waals surface area contributed by atoms with E-state index in [2.05, 4.69) is 31.4 Å². The summed E-state index contributed by atoms with van der Waals surface area (Å²) in [6.07, 6.45) is 2.94. The fraction of sp³-hybridized carbons (Fsp3) is 0.867. The molecule has 116 valence electrons. The molecule has 1 rings (SSSR count). The number of nitrogens with one attached hydrogen (secondary N) is 2. The van der Waals surface area contributed by atoms with Gasteiger partial charge in [0.2, 0.25) is 5.91 Å². The van der Waals surface area contributed by atoms with Crippen LogP contribution in [0.15, 0.2) is 0 Å². The molecule has 1 saturated heterocycles. The van der Waals surface area contributed by atoms with Crippen LogP contribution in [0.2, 0.25) is 0 Å². The summed E-state index contributed by atoms with van der Waals surface area (Å²) < 4.78 is 0. The van der Waals surface area contributed by atoms with Gasteiger partial charge < -0.3 is 15.5 Å². The maximum atomic E-state index is 12.0. The average Bonchev–Trinajstić information content (AvgIpc) is 2.37. The Bertz CT molecular complexity index is 329. The van der Waals surface area contributed by atoms with Crippen molar-refractivity contribution in [2.24, 2.45) is 11.3 Å². The molecular formula is C15H29N3O2. The van der Waals surface area contributed by atoms with Crippen molar-refractivity contribution in [1.82, 2.24) is 15.5 Å². The quantitative estimate of drug-likeness (QED) is 0.775. The van der Waals surface area contributed by atoms with Crippen LogP contribution in [-0.4, -0.2) is 43.0 Å². The Morgan fingerprint density at radius 1 is 1.10 bits per heavy atom. The summed E-state index contributed by atoms with van der Waals surface area (Å²) >= 11 is 0. The minimum absolute atomic E-state index is 0.0272. The maximum Gasteiger partial charge on any atom is 0.317 e. The minimum atomic E-state index is -0.0272. The van der Waals surface area contributed by atoms with Crippen molar-refractivity contribution in [3.05, 3.63) is 0 Å². The number of carbonyl (C=O) groups excluding carboxylic acids is 2. The van der Waals surface area contributed by atoms with Crippen LogP contribution < -0.4 is 10.6 Å². The van der Waals surface area contributed by atoms with Crippen molar-refractivity contribution in [3.8, 4) is 0 Å². The monoisotopic (exact) mass is 283 g/mol. The van der Waals surface area contributed by atoms with Gasteiger partial charge in [-0.15, -0.1) is 0 Å². The highest BCUT2D eigenvalue weighted by atomic mass is 16.2. The molecule has 0 aromatic heterocycles. The molecule has 1 heterocycles. The molecule has 3 amide bonds. The van der Waals surface area contributed by atoms with Crippen LogP contribution in [0.5, 0.6) is 0 Å². The van der Waals surface area contributed by atoms with Crippen LogP contribution in [0.3, 0.4) is 0 Å². The first-order chi connectivity index (χ1) is 9.30. The van der Waals surface area contributed by atoms with Gasteiger partial charge in [-0.05, 0) is 30.6 Å². The zero-order valence-electron chi connectivity index (χ0n) is 13.3. The van der Waals surface area contributed by atoms with E-state index in [4.69, 9.17) is 0 Å². The number of amides is 3. The first-order valence-corrected chi connectivity index (χ1v) is 7.58. The Hall–Kier alpha value is -1.26. The molecule has 0 bridgehead atoms. The summed E-state index contributed by atoms with van der Waals surface area (Å²) in [5, 5.41) is 5.63. The van der Waals surface area contributed by atoms with Crippen molar-refractivity contribution >= 4 is 11.9 Å². The van der Waals surface area contributed by atoms with E-state index in [1.54, 1.807) is 0 Å².